The number of hydrogen-bond acceptors (Lipinski definition) is 4. The van der Waals surface area contributed by atoms with Crippen molar-refractivity contribution in [3.05, 3.63) is 12.7 Å². The second-order valence-electron chi connectivity index (χ2n) is 7.60. The normalized spacial score (nSPS) is 33.3. The fourth-order valence-corrected chi connectivity index (χ4v) is 4.60. The van der Waals surface area contributed by atoms with Gasteiger partial charge in [-0.15, -0.1) is 6.58 Å². The molecule has 0 bridgehead atoms. The highest BCUT2D eigenvalue weighted by Crippen LogP contribution is 2.40. The van der Waals surface area contributed by atoms with E-state index in [-0.39, 0.29) is 5.41 Å². The Labute approximate surface area is 141 Å². The molecule has 0 aromatic heterocycles. The summed E-state index contributed by atoms with van der Waals surface area (Å²) in [5.74, 6) is 0. The van der Waals surface area contributed by atoms with E-state index in [0.29, 0.717) is 12.7 Å². The van der Waals surface area contributed by atoms with Gasteiger partial charge in [0.15, 0.2) is 0 Å². The third-order valence-corrected chi connectivity index (χ3v) is 5.87. The second kappa shape index (κ2) is 8.61. The van der Waals surface area contributed by atoms with Crippen LogP contribution in [0.1, 0.15) is 38.5 Å². The Hall–Kier alpha value is -0.420. The Morgan fingerprint density at radius 3 is 2.74 bits per heavy atom. The molecule has 3 fully saturated rings. The van der Waals surface area contributed by atoms with E-state index in [9.17, 15) is 0 Å². The van der Waals surface area contributed by atoms with Crippen LogP contribution >= 0.6 is 0 Å². The summed E-state index contributed by atoms with van der Waals surface area (Å²) in [7, 11) is 0. The lowest BCUT2D eigenvalue weighted by molar-refractivity contribution is -0.151. The van der Waals surface area contributed by atoms with Crippen LogP contribution in [0.4, 0.5) is 0 Å². The van der Waals surface area contributed by atoms with Crippen LogP contribution in [0.2, 0.25) is 0 Å². The van der Waals surface area contributed by atoms with Crippen molar-refractivity contribution in [2.45, 2.75) is 44.6 Å². The molecule has 0 aromatic carbocycles. The Kier molecular flexibility index (Phi) is 6.52. The van der Waals surface area contributed by atoms with Gasteiger partial charge < -0.3 is 19.3 Å². The summed E-state index contributed by atoms with van der Waals surface area (Å²) < 4.78 is 12.0. The molecule has 23 heavy (non-hydrogen) atoms. The van der Waals surface area contributed by atoms with Gasteiger partial charge in [0.1, 0.15) is 0 Å². The molecule has 4 heteroatoms. The second-order valence-corrected chi connectivity index (χ2v) is 7.60. The first kappa shape index (κ1) is 17.4. The van der Waals surface area contributed by atoms with E-state index in [1.165, 1.54) is 64.8 Å². The molecule has 0 amide bonds. The van der Waals surface area contributed by atoms with Crippen LogP contribution in [-0.4, -0.2) is 75.0 Å². The largest absolute Gasteiger partial charge is 0.377 e. The van der Waals surface area contributed by atoms with Gasteiger partial charge in [0.2, 0.25) is 0 Å². The van der Waals surface area contributed by atoms with Gasteiger partial charge in [0.25, 0.3) is 0 Å². The topological polar surface area (TPSA) is 24.9 Å². The Morgan fingerprint density at radius 1 is 1.09 bits per heavy atom. The molecule has 0 unspecified atom stereocenters. The fraction of sp³-hybridized carbons (Fsp3) is 0.895. The van der Waals surface area contributed by atoms with Crippen LogP contribution in [0, 0.1) is 5.41 Å². The molecule has 3 aliphatic heterocycles. The van der Waals surface area contributed by atoms with Crippen molar-refractivity contribution in [1.82, 2.24) is 9.80 Å². The van der Waals surface area contributed by atoms with E-state index in [1.54, 1.807) is 0 Å². The SMILES string of the molecule is C=CCOC[C@]12CCCO[C@@H]1CCN(CCN1CCCCC1)C2. The van der Waals surface area contributed by atoms with Crippen LogP contribution in [0.5, 0.6) is 0 Å². The first-order valence-corrected chi connectivity index (χ1v) is 9.57. The molecule has 3 heterocycles. The maximum atomic E-state index is 6.12. The molecule has 4 nitrogen and oxygen atoms in total. The summed E-state index contributed by atoms with van der Waals surface area (Å²) in [5, 5.41) is 0. The molecule has 3 aliphatic rings. The van der Waals surface area contributed by atoms with Gasteiger partial charge in [0, 0.05) is 38.2 Å². The smallest absolute Gasteiger partial charge is 0.0677 e. The minimum Gasteiger partial charge on any atom is -0.377 e. The minimum absolute atomic E-state index is 0.210. The van der Waals surface area contributed by atoms with Gasteiger partial charge in [-0.3, -0.25) is 0 Å². The van der Waals surface area contributed by atoms with Crippen LogP contribution in [-0.2, 0) is 9.47 Å². The number of likely N-dealkylation sites (tertiary alicyclic amines) is 2. The zero-order chi connectivity index (χ0) is 16.0. The van der Waals surface area contributed by atoms with E-state index in [1.807, 2.05) is 6.08 Å². The van der Waals surface area contributed by atoms with Gasteiger partial charge >= 0.3 is 0 Å². The van der Waals surface area contributed by atoms with Crippen molar-refractivity contribution in [2.24, 2.45) is 5.41 Å². The lowest BCUT2D eigenvalue weighted by atomic mass is 9.73. The van der Waals surface area contributed by atoms with Gasteiger partial charge in [-0.25, -0.2) is 0 Å². The van der Waals surface area contributed by atoms with Crippen molar-refractivity contribution in [1.29, 1.82) is 0 Å². The number of rotatable bonds is 7. The zero-order valence-electron chi connectivity index (χ0n) is 14.7. The van der Waals surface area contributed by atoms with E-state index >= 15 is 0 Å². The van der Waals surface area contributed by atoms with Crippen LogP contribution < -0.4 is 0 Å². The van der Waals surface area contributed by atoms with E-state index in [0.717, 1.165) is 26.2 Å². The summed E-state index contributed by atoms with van der Waals surface area (Å²) in [5.41, 5.74) is 0.210. The highest BCUT2D eigenvalue weighted by atomic mass is 16.5. The number of hydrogen-bond donors (Lipinski definition) is 0. The maximum Gasteiger partial charge on any atom is 0.0677 e. The first-order valence-electron chi connectivity index (χ1n) is 9.57. The minimum atomic E-state index is 0.210. The monoisotopic (exact) mass is 322 g/mol. The Bertz CT molecular complexity index is 370. The van der Waals surface area contributed by atoms with Gasteiger partial charge in [-0.1, -0.05) is 12.5 Å². The maximum absolute atomic E-state index is 6.12. The van der Waals surface area contributed by atoms with Gasteiger partial charge in [-0.05, 0) is 45.2 Å². The molecule has 0 aliphatic carbocycles. The number of fused-ring (bicyclic) bond motifs is 1. The fourth-order valence-electron chi connectivity index (χ4n) is 4.60. The molecule has 0 saturated carbocycles. The van der Waals surface area contributed by atoms with E-state index < -0.39 is 0 Å². The number of nitrogens with zero attached hydrogens (tertiary/aromatic N) is 2. The standard InChI is InChI=1S/C19H34N2O2/c1-2-14-22-17-19-8-6-15-23-18(19)7-11-21(16-19)13-12-20-9-4-3-5-10-20/h2,18H,1,3-17H2/t18-,19-/m1/s1. The quantitative estimate of drug-likeness (QED) is 0.531. The van der Waals surface area contributed by atoms with Crippen molar-refractivity contribution < 1.29 is 9.47 Å². The molecular formula is C19H34N2O2. The molecule has 2 atom stereocenters. The van der Waals surface area contributed by atoms with Crippen LogP contribution in [0.15, 0.2) is 12.7 Å². The van der Waals surface area contributed by atoms with E-state index in [2.05, 4.69) is 16.4 Å². The number of ether oxygens (including phenoxy) is 2. The van der Waals surface area contributed by atoms with Crippen LogP contribution in [0.3, 0.4) is 0 Å². The predicted octanol–water partition coefficient (Wildman–Crippen LogP) is 2.55. The lowest BCUT2D eigenvalue weighted by Gasteiger charge is -2.50. The lowest BCUT2D eigenvalue weighted by Crippen LogP contribution is -2.57. The summed E-state index contributed by atoms with van der Waals surface area (Å²) in [6.07, 6.45) is 10.0. The average Bonchev–Trinajstić information content (AvgIpc) is 2.61. The third kappa shape index (κ3) is 4.56. The van der Waals surface area contributed by atoms with Crippen molar-refractivity contribution in [2.75, 3.05) is 59.1 Å². The summed E-state index contributed by atoms with van der Waals surface area (Å²) in [6, 6.07) is 0. The van der Waals surface area contributed by atoms with Gasteiger partial charge in [0.05, 0.1) is 19.3 Å². The average molecular weight is 322 g/mol. The molecule has 132 valence electrons. The zero-order valence-corrected chi connectivity index (χ0v) is 14.7. The van der Waals surface area contributed by atoms with Crippen molar-refractivity contribution in [3.63, 3.8) is 0 Å². The highest BCUT2D eigenvalue weighted by Gasteiger charge is 2.45. The molecule has 0 spiro atoms. The molecule has 3 saturated heterocycles. The summed E-state index contributed by atoms with van der Waals surface area (Å²) >= 11 is 0. The molecular weight excluding hydrogens is 288 g/mol. The predicted molar refractivity (Wildman–Crippen MR) is 93.8 cm³/mol. The molecule has 0 aromatic rings. The van der Waals surface area contributed by atoms with Gasteiger partial charge in [-0.2, -0.15) is 0 Å². The van der Waals surface area contributed by atoms with Crippen LogP contribution in [0.25, 0.3) is 0 Å². The molecule has 0 radical (unpaired) electrons. The van der Waals surface area contributed by atoms with Crippen molar-refractivity contribution in [3.8, 4) is 0 Å². The van der Waals surface area contributed by atoms with Crippen molar-refractivity contribution >= 4 is 0 Å². The third-order valence-electron chi connectivity index (χ3n) is 5.87. The molecule has 3 rings (SSSR count). The Morgan fingerprint density at radius 2 is 1.91 bits per heavy atom. The Balaban J connectivity index is 1.53. The first-order chi connectivity index (χ1) is 11.3. The summed E-state index contributed by atoms with van der Waals surface area (Å²) in [4.78, 5) is 5.31. The number of piperidine rings is 2. The molecule has 0 N–H and O–H groups in total. The summed E-state index contributed by atoms with van der Waals surface area (Å²) in [6.45, 7) is 13.5. The van der Waals surface area contributed by atoms with E-state index in [4.69, 9.17) is 9.47 Å². The highest BCUT2D eigenvalue weighted by molar-refractivity contribution is 4.97.